The Hall–Kier alpha value is -0.0800. The van der Waals surface area contributed by atoms with E-state index in [2.05, 4.69) is 13.8 Å². The molecule has 0 saturated carbocycles. The van der Waals surface area contributed by atoms with Gasteiger partial charge in [-0.05, 0) is 12.8 Å². The SMILES string of the molecule is [CH2]CCC(C[CH2])OCO. The van der Waals surface area contributed by atoms with E-state index in [1.807, 2.05) is 0 Å². The van der Waals surface area contributed by atoms with Gasteiger partial charge >= 0.3 is 0 Å². The second-order valence-corrected chi connectivity index (χ2v) is 1.85. The molecule has 0 saturated heterocycles. The fourth-order valence-corrected chi connectivity index (χ4v) is 0.644. The van der Waals surface area contributed by atoms with Gasteiger partial charge in [-0.1, -0.05) is 20.3 Å². The number of hydrogen-bond acceptors (Lipinski definition) is 2. The largest absolute Gasteiger partial charge is 0.371 e. The molecule has 2 nitrogen and oxygen atoms in total. The molecule has 0 aliphatic heterocycles. The van der Waals surface area contributed by atoms with Crippen molar-refractivity contribution in [1.29, 1.82) is 0 Å². The smallest absolute Gasteiger partial charge is 0.143 e. The molecular weight excluding hydrogens is 116 g/mol. The van der Waals surface area contributed by atoms with E-state index in [1.54, 1.807) is 0 Å². The number of aliphatic hydroxyl groups excluding tert-OH is 1. The highest BCUT2D eigenvalue weighted by molar-refractivity contribution is 4.59. The highest BCUT2D eigenvalue weighted by atomic mass is 16.6. The van der Waals surface area contributed by atoms with Gasteiger partial charge < -0.3 is 9.84 Å². The van der Waals surface area contributed by atoms with E-state index in [4.69, 9.17) is 9.84 Å². The standard InChI is InChI=1S/C7H14O2/c1-3-5-7(4-2)9-6-8/h7-8H,1-6H2. The van der Waals surface area contributed by atoms with Crippen molar-refractivity contribution in [2.24, 2.45) is 0 Å². The van der Waals surface area contributed by atoms with Gasteiger partial charge in [-0.25, -0.2) is 0 Å². The Morgan fingerprint density at radius 3 is 2.44 bits per heavy atom. The normalized spacial score (nSPS) is 13.7. The van der Waals surface area contributed by atoms with Crippen LogP contribution in [0.3, 0.4) is 0 Å². The van der Waals surface area contributed by atoms with Crippen LogP contribution < -0.4 is 0 Å². The molecule has 1 N–H and O–H groups in total. The molecule has 0 aliphatic rings. The van der Waals surface area contributed by atoms with Crippen LogP contribution in [0.1, 0.15) is 19.3 Å². The third kappa shape index (κ3) is 4.43. The average Bonchev–Trinajstić information content (AvgIpc) is 1.88. The van der Waals surface area contributed by atoms with Crippen LogP contribution >= 0.6 is 0 Å². The summed E-state index contributed by atoms with van der Waals surface area (Å²) >= 11 is 0. The maximum atomic E-state index is 8.32. The van der Waals surface area contributed by atoms with Gasteiger partial charge in [0, 0.05) is 0 Å². The first kappa shape index (κ1) is 8.92. The molecule has 0 heterocycles. The summed E-state index contributed by atoms with van der Waals surface area (Å²) < 4.78 is 4.88. The van der Waals surface area contributed by atoms with Crippen molar-refractivity contribution in [3.8, 4) is 0 Å². The fraction of sp³-hybridized carbons (Fsp3) is 0.714. The zero-order valence-electron chi connectivity index (χ0n) is 5.68. The second-order valence-electron chi connectivity index (χ2n) is 1.85. The lowest BCUT2D eigenvalue weighted by Gasteiger charge is -2.11. The molecule has 0 amide bonds. The molecule has 0 aromatic rings. The maximum Gasteiger partial charge on any atom is 0.143 e. The molecule has 0 aromatic carbocycles. The van der Waals surface area contributed by atoms with E-state index in [0.717, 1.165) is 12.8 Å². The van der Waals surface area contributed by atoms with Crippen molar-refractivity contribution in [2.45, 2.75) is 25.4 Å². The van der Waals surface area contributed by atoms with Crippen molar-refractivity contribution in [1.82, 2.24) is 0 Å². The molecule has 0 fully saturated rings. The Kier molecular flexibility index (Phi) is 5.99. The summed E-state index contributed by atoms with van der Waals surface area (Å²) in [5, 5.41) is 8.32. The van der Waals surface area contributed by atoms with E-state index in [1.165, 1.54) is 0 Å². The molecule has 0 bridgehead atoms. The second kappa shape index (κ2) is 6.05. The van der Waals surface area contributed by atoms with Crippen molar-refractivity contribution in [3.05, 3.63) is 13.8 Å². The Morgan fingerprint density at radius 1 is 1.44 bits per heavy atom. The van der Waals surface area contributed by atoms with Crippen LogP contribution in [0.15, 0.2) is 0 Å². The summed E-state index contributed by atoms with van der Waals surface area (Å²) in [6.07, 6.45) is 2.51. The molecule has 1 unspecified atom stereocenters. The van der Waals surface area contributed by atoms with E-state index in [0.29, 0.717) is 6.42 Å². The lowest BCUT2D eigenvalue weighted by atomic mass is 10.2. The highest BCUT2D eigenvalue weighted by Gasteiger charge is 2.02. The molecule has 0 spiro atoms. The average molecular weight is 130 g/mol. The van der Waals surface area contributed by atoms with Crippen LogP contribution in [0.2, 0.25) is 0 Å². The van der Waals surface area contributed by atoms with Crippen LogP contribution in [0, 0.1) is 13.8 Å². The first-order valence-electron chi connectivity index (χ1n) is 3.16. The van der Waals surface area contributed by atoms with Crippen LogP contribution in [-0.2, 0) is 4.74 Å². The summed E-state index contributed by atoms with van der Waals surface area (Å²) in [4.78, 5) is 0. The maximum absolute atomic E-state index is 8.32. The third-order valence-electron chi connectivity index (χ3n) is 1.16. The van der Waals surface area contributed by atoms with Crippen LogP contribution in [0.4, 0.5) is 0 Å². The number of hydrogen-bond donors (Lipinski definition) is 1. The van der Waals surface area contributed by atoms with Crippen molar-refractivity contribution < 1.29 is 9.84 Å². The summed E-state index contributed by atoms with van der Waals surface area (Å²) in [5.41, 5.74) is 0. The van der Waals surface area contributed by atoms with Crippen LogP contribution in [-0.4, -0.2) is 18.0 Å². The van der Waals surface area contributed by atoms with Crippen molar-refractivity contribution >= 4 is 0 Å². The highest BCUT2D eigenvalue weighted by Crippen LogP contribution is 2.04. The van der Waals surface area contributed by atoms with E-state index in [9.17, 15) is 0 Å². The van der Waals surface area contributed by atoms with Gasteiger partial charge in [-0.3, -0.25) is 0 Å². The zero-order chi connectivity index (χ0) is 7.11. The third-order valence-corrected chi connectivity index (χ3v) is 1.16. The van der Waals surface area contributed by atoms with Crippen LogP contribution in [0.25, 0.3) is 0 Å². The number of rotatable bonds is 5. The molecule has 9 heavy (non-hydrogen) atoms. The molecule has 2 radical (unpaired) electrons. The lowest BCUT2D eigenvalue weighted by Crippen LogP contribution is -2.11. The monoisotopic (exact) mass is 130 g/mol. The first-order chi connectivity index (χ1) is 4.35. The molecule has 0 aromatic heterocycles. The molecule has 1 atom stereocenters. The zero-order valence-corrected chi connectivity index (χ0v) is 5.68. The minimum absolute atomic E-state index is 0.0903. The Balaban J connectivity index is 3.18. The molecule has 54 valence electrons. The van der Waals surface area contributed by atoms with Crippen molar-refractivity contribution in [3.63, 3.8) is 0 Å². The lowest BCUT2D eigenvalue weighted by molar-refractivity contribution is -0.0512. The number of aliphatic hydroxyl groups is 1. The first-order valence-corrected chi connectivity index (χ1v) is 3.16. The molecule has 0 aliphatic carbocycles. The summed E-state index contributed by atoms with van der Waals surface area (Å²) in [5.74, 6) is 0. The topological polar surface area (TPSA) is 29.5 Å². The number of ether oxygens (including phenoxy) is 1. The van der Waals surface area contributed by atoms with E-state index < -0.39 is 0 Å². The van der Waals surface area contributed by atoms with Crippen molar-refractivity contribution in [2.75, 3.05) is 6.79 Å². The summed E-state index contributed by atoms with van der Waals surface area (Å²) in [6, 6.07) is 0. The van der Waals surface area contributed by atoms with Gasteiger partial charge in [-0.2, -0.15) is 0 Å². The van der Waals surface area contributed by atoms with Gasteiger partial charge in [0.1, 0.15) is 6.79 Å². The quantitative estimate of drug-likeness (QED) is 0.566. The molecule has 2 heteroatoms. The van der Waals surface area contributed by atoms with Gasteiger partial charge in [0.25, 0.3) is 0 Å². The van der Waals surface area contributed by atoms with Gasteiger partial charge in [0.15, 0.2) is 0 Å². The predicted octanol–water partition coefficient (Wildman–Crippen LogP) is 1.16. The predicted molar refractivity (Wildman–Crippen MR) is 36.5 cm³/mol. The minimum atomic E-state index is -0.208. The fourth-order valence-electron chi connectivity index (χ4n) is 0.644. The summed E-state index contributed by atoms with van der Waals surface area (Å²) in [6.45, 7) is 7.12. The summed E-state index contributed by atoms with van der Waals surface area (Å²) in [7, 11) is 0. The van der Waals surface area contributed by atoms with Gasteiger partial charge in [-0.15, -0.1) is 0 Å². The Bertz CT molecular complexity index is 48.9. The van der Waals surface area contributed by atoms with Gasteiger partial charge in [0.2, 0.25) is 0 Å². The Morgan fingerprint density at radius 2 is 2.11 bits per heavy atom. The van der Waals surface area contributed by atoms with E-state index >= 15 is 0 Å². The molecular formula is C7H14O2. The van der Waals surface area contributed by atoms with E-state index in [-0.39, 0.29) is 12.9 Å². The van der Waals surface area contributed by atoms with Crippen LogP contribution in [0.5, 0.6) is 0 Å². The van der Waals surface area contributed by atoms with Gasteiger partial charge in [0.05, 0.1) is 6.10 Å². The Labute approximate surface area is 56.8 Å². The minimum Gasteiger partial charge on any atom is -0.371 e. The molecule has 0 rings (SSSR count).